The topological polar surface area (TPSA) is 51.5 Å². The maximum Gasteiger partial charge on any atom is 0.161 e. The van der Waals surface area contributed by atoms with Gasteiger partial charge in [-0.1, -0.05) is 24.3 Å². The molecule has 2 rings (SSSR count). The van der Waals surface area contributed by atoms with Crippen molar-refractivity contribution in [2.24, 2.45) is 0 Å². The van der Waals surface area contributed by atoms with Crippen LogP contribution in [-0.4, -0.2) is 20.8 Å². The van der Waals surface area contributed by atoms with Crippen molar-refractivity contribution in [2.45, 2.75) is 12.3 Å². The van der Waals surface area contributed by atoms with Crippen molar-refractivity contribution in [3.05, 3.63) is 54.1 Å². The minimum absolute atomic E-state index is 0.208. The van der Waals surface area contributed by atoms with Gasteiger partial charge in [0.25, 0.3) is 0 Å². The number of ether oxygens (including phenoxy) is 3. The quantitative estimate of drug-likeness (QED) is 0.780. The molecule has 4 heteroatoms. The highest BCUT2D eigenvalue weighted by atomic mass is 16.5. The average molecular weight is 297 g/mol. The van der Waals surface area contributed by atoms with Gasteiger partial charge in [0.1, 0.15) is 5.75 Å². The molecule has 2 aromatic carbocycles. The average Bonchev–Trinajstić information content (AvgIpc) is 2.59. The summed E-state index contributed by atoms with van der Waals surface area (Å²) in [6.45, 7) is 0.449. The third-order valence-electron chi connectivity index (χ3n) is 3.41. The van der Waals surface area contributed by atoms with Crippen molar-refractivity contribution in [3.63, 3.8) is 0 Å². The van der Waals surface area contributed by atoms with Crippen molar-refractivity contribution in [1.82, 2.24) is 0 Å². The Kier molecular flexibility index (Phi) is 5.67. The van der Waals surface area contributed by atoms with E-state index in [0.29, 0.717) is 24.5 Å². The molecule has 0 aromatic heterocycles. The summed E-state index contributed by atoms with van der Waals surface area (Å²) < 4.78 is 16.1. The molecule has 0 amide bonds. The van der Waals surface area contributed by atoms with Gasteiger partial charge in [-0.3, -0.25) is 0 Å². The summed E-state index contributed by atoms with van der Waals surface area (Å²) in [5, 5.41) is 9.34. The Morgan fingerprint density at radius 3 is 2.23 bits per heavy atom. The molecule has 0 bridgehead atoms. The molecule has 1 unspecified atom stereocenters. The van der Waals surface area contributed by atoms with Crippen molar-refractivity contribution < 1.29 is 14.2 Å². The highest BCUT2D eigenvalue weighted by Crippen LogP contribution is 2.27. The highest BCUT2D eigenvalue weighted by molar-refractivity contribution is 5.39. The van der Waals surface area contributed by atoms with Crippen molar-refractivity contribution in [1.29, 1.82) is 5.26 Å². The molecule has 0 radical (unpaired) electrons. The number of nitriles is 1. The van der Waals surface area contributed by atoms with Crippen molar-refractivity contribution in [2.75, 3.05) is 20.8 Å². The van der Waals surface area contributed by atoms with Gasteiger partial charge in [0.2, 0.25) is 0 Å². The molecule has 0 aliphatic heterocycles. The second-order valence-electron chi connectivity index (χ2n) is 4.74. The van der Waals surface area contributed by atoms with Crippen LogP contribution in [0.2, 0.25) is 0 Å². The van der Waals surface area contributed by atoms with Crippen LogP contribution < -0.4 is 14.2 Å². The van der Waals surface area contributed by atoms with Gasteiger partial charge in [-0.2, -0.15) is 5.26 Å². The minimum Gasteiger partial charge on any atom is -0.497 e. The fourth-order valence-corrected chi connectivity index (χ4v) is 2.17. The fraction of sp³-hybridized carbons (Fsp3) is 0.278. The molecular formula is C18H19NO3. The Balaban J connectivity index is 1.95. The molecule has 22 heavy (non-hydrogen) atoms. The molecule has 2 aromatic rings. The van der Waals surface area contributed by atoms with E-state index in [4.69, 9.17) is 14.2 Å². The van der Waals surface area contributed by atoms with E-state index in [1.165, 1.54) is 0 Å². The molecule has 0 heterocycles. The Hall–Kier alpha value is -2.67. The zero-order valence-electron chi connectivity index (χ0n) is 12.8. The van der Waals surface area contributed by atoms with Crippen LogP contribution in [0.1, 0.15) is 17.9 Å². The zero-order chi connectivity index (χ0) is 15.8. The molecule has 0 N–H and O–H groups in total. The molecule has 4 nitrogen and oxygen atoms in total. The van der Waals surface area contributed by atoms with Gasteiger partial charge < -0.3 is 14.2 Å². The van der Waals surface area contributed by atoms with E-state index in [-0.39, 0.29) is 5.92 Å². The first-order valence-electron chi connectivity index (χ1n) is 7.08. The molecule has 0 aliphatic carbocycles. The molecule has 0 aliphatic rings. The zero-order valence-corrected chi connectivity index (χ0v) is 12.8. The van der Waals surface area contributed by atoms with Crippen LogP contribution in [0.15, 0.2) is 48.5 Å². The van der Waals surface area contributed by atoms with Crippen LogP contribution in [0.3, 0.4) is 0 Å². The maximum absolute atomic E-state index is 9.34. The van der Waals surface area contributed by atoms with E-state index in [2.05, 4.69) is 6.07 Å². The van der Waals surface area contributed by atoms with Crippen LogP contribution in [0.25, 0.3) is 0 Å². The van der Waals surface area contributed by atoms with Gasteiger partial charge >= 0.3 is 0 Å². The summed E-state index contributed by atoms with van der Waals surface area (Å²) >= 11 is 0. The molecule has 0 spiro atoms. The smallest absolute Gasteiger partial charge is 0.161 e. The number of hydrogen-bond donors (Lipinski definition) is 0. The summed E-state index contributed by atoms with van der Waals surface area (Å²) in [6.07, 6.45) is 0.612. The maximum atomic E-state index is 9.34. The molecule has 0 saturated heterocycles. The number of methoxy groups -OCH3 is 2. The first-order chi connectivity index (χ1) is 10.8. The summed E-state index contributed by atoms with van der Waals surface area (Å²) in [7, 11) is 3.23. The standard InChI is InChI=1S/C18H19NO3/c1-20-16-9-7-14(8-10-16)15(13-19)11-12-22-18-6-4-3-5-17(18)21-2/h3-10,15H,11-12H2,1-2H3. The van der Waals surface area contributed by atoms with Crippen LogP contribution in [0.4, 0.5) is 0 Å². The normalized spacial score (nSPS) is 11.3. The van der Waals surface area contributed by atoms with Crippen LogP contribution in [0, 0.1) is 11.3 Å². The third kappa shape index (κ3) is 3.92. The Labute approximate surface area is 130 Å². The van der Waals surface area contributed by atoms with Crippen molar-refractivity contribution >= 4 is 0 Å². The van der Waals surface area contributed by atoms with Crippen LogP contribution in [0.5, 0.6) is 17.2 Å². The number of rotatable bonds is 7. The van der Waals surface area contributed by atoms with Gasteiger partial charge in [-0.25, -0.2) is 0 Å². The third-order valence-corrected chi connectivity index (χ3v) is 3.41. The minimum atomic E-state index is -0.208. The predicted molar refractivity (Wildman–Crippen MR) is 84.5 cm³/mol. The first kappa shape index (κ1) is 15.7. The summed E-state index contributed by atoms with van der Waals surface area (Å²) in [6, 6.07) is 17.4. The lowest BCUT2D eigenvalue weighted by Crippen LogP contribution is -2.05. The first-order valence-corrected chi connectivity index (χ1v) is 7.08. The van der Waals surface area contributed by atoms with E-state index >= 15 is 0 Å². The largest absolute Gasteiger partial charge is 0.497 e. The van der Waals surface area contributed by atoms with Crippen LogP contribution >= 0.6 is 0 Å². The number of nitrogens with zero attached hydrogens (tertiary/aromatic N) is 1. The molecule has 0 fully saturated rings. The Morgan fingerprint density at radius 1 is 0.955 bits per heavy atom. The number of para-hydroxylation sites is 2. The van der Waals surface area contributed by atoms with E-state index < -0.39 is 0 Å². The SMILES string of the molecule is COc1ccc(C(C#N)CCOc2ccccc2OC)cc1. The van der Waals surface area contributed by atoms with Gasteiger partial charge in [0.15, 0.2) is 11.5 Å². The Bertz CT molecular complexity index is 632. The summed E-state index contributed by atoms with van der Waals surface area (Å²) in [4.78, 5) is 0. The lowest BCUT2D eigenvalue weighted by molar-refractivity contribution is 0.285. The number of benzene rings is 2. The van der Waals surface area contributed by atoms with E-state index in [9.17, 15) is 5.26 Å². The summed E-state index contributed by atoms with van der Waals surface area (Å²) in [5.74, 6) is 1.96. The summed E-state index contributed by atoms with van der Waals surface area (Å²) in [5.41, 5.74) is 0.965. The van der Waals surface area contributed by atoms with E-state index in [0.717, 1.165) is 11.3 Å². The van der Waals surface area contributed by atoms with Crippen molar-refractivity contribution in [3.8, 4) is 23.3 Å². The van der Waals surface area contributed by atoms with Gasteiger partial charge in [-0.05, 0) is 29.8 Å². The highest BCUT2D eigenvalue weighted by Gasteiger charge is 2.12. The van der Waals surface area contributed by atoms with E-state index in [1.807, 2.05) is 48.5 Å². The monoisotopic (exact) mass is 297 g/mol. The second-order valence-corrected chi connectivity index (χ2v) is 4.74. The fourth-order valence-electron chi connectivity index (χ4n) is 2.17. The molecule has 1 atom stereocenters. The number of hydrogen-bond acceptors (Lipinski definition) is 4. The molecule has 114 valence electrons. The predicted octanol–water partition coefficient (Wildman–Crippen LogP) is 3.78. The molecular weight excluding hydrogens is 278 g/mol. The molecule has 0 saturated carbocycles. The van der Waals surface area contributed by atoms with Gasteiger partial charge in [-0.15, -0.1) is 0 Å². The lowest BCUT2D eigenvalue weighted by Gasteiger charge is -2.13. The van der Waals surface area contributed by atoms with E-state index in [1.54, 1.807) is 14.2 Å². The Morgan fingerprint density at radius 2 is 1.64 bits per heavy atom. The van der Waals surface area contributed by atoms with Gasteiger partial charge in [0.05, 0.1) is 32.8 Å². The van der Waals surface area contributed by atoms with Crippen LogP contribution in [-0.2, 0) is 0 Å². The second kappa shape index (κ2) is 7.94. The lowest BCUT2D eigenvalue weighted by atomic mass is 9.97. The van der Waals surface area contributed by atoms with Gasteiger partial charge in [0, 0.05) is 6.42 Å².